The van der Waals surface area contributed by atoms with E-state index in [1.54, 1.807) is 14.1 Å². The molecule has 4 rings (SSSR count). The first-order valence-corrected chi connectivity index (χ1v) is 12.8. The van der Waals surface area contributed by atoms with Crippen molar-refractivity contribution in [2.75, 3.05) is 63.2 Å². The molecule has 9 heteroatoms. The molecule has 7 nitrogen and oxygen atoms in total. The summed E-state index contributed by atoms with van der Waals surface area (Å²) in [6.45, 7) is 5.42. The van der Waals surface area contributed by atoms with Crippen molar-refractivity contribution in [2.24, 2.45) is 0 Å². The van der Waals surface area contributed by atoms with Gasteiger partial charge >= 0.3 is 6.03 Å². The maximum Gasteiger partial charge on any atom is 0.330 e. The van der Waals surface area contributed by atoms with Crippen LogP contribution in [0.25, 0.3) is 0 Å². The number of hydrogen-bond acceptors (Lipinski definition) is 5. The highest BCUT2D eigenvalue weighted by molar-refractivity contribution is 6.43. The lowest BCUT2D eigenvalue weighted by atomic mass is 10.0. The lowest BCUT2D eigenvalue weighted by Crippen LogP contribution is -2.46. The number of benzene rings is 2. The molecule has 0 bridgehead atoms. The number of fused-ring (bicyclic) bond motifs is 1. The van der Waals surface area contributed by atoms with Crippen molar-refractivity contribution in [3.05, 3.63) is 52.0 Å². The van der Waals surface area contributed by atoms with Gasteiger partial charge in [-0.3, -0.25) is 9.69 Å². The molecule has 0 unspecified atom stereocenters. The number of amides is 3. The fraction of sp³-hybridized carbons (Fsp3) is 0.462. The Balaban J connectivity index is 1.22. The zero-order valence-corrected chi connectivity index (χ0v) is 21.8. The van der Waals surface area contributed by atoms with Crippen molar-refractivity contribution in [2.45, 2.75) is 25.7 Å². The van der Waals surface area contributed by atoms with Gasteiger partial charge in [-0.05, 0) is 49.6 Å². The average molecular weight is 519 g/mol. The third kappa shape index (κ3) is 6.02. The first kappa shape index (κ1) is 25.6. The van der Waals surface area contributed by atoms with Crippen LogP contribution in [0.15, 0.2) is 36.4 Å². The van der Waals surface area contributed by atoms with Crippen molar-refractivity contribution in [1.82, 2.24) is 9.80 Å². The normalized spacial score (nSPS) is 16.3. The van der Waals surface area contributed by atoms with Crippen LogP contribution in [0.5, 0.6) is 5.75 Å². The second-order valence-electron chi connectivity index (χ2n) is 9.15. The first-order chi connectivity index (χ1) is 16.8. The highest BCUT2D eigenvalue weighted by Crippen LogP contribution is 2.33. The minimum atomic E-state index is -0.328. The number of hydrogen-bond donors (Lipinski definition) is 0. The van der Waals surface area contributed by atoms with Gasteiger partial charge in [0.15, 0.2) is 0 Å². The van der Waals surface area contributed by atoms with Gasteiger partial charge in [-0.2, -0.15) is 0 Å². The number of nitrogens with zero attached hydrogens (tertiary/aromatic N) is 4. The number of unbranched alkanes of at least 4 members (excludes halogenated alkanes) is 1. The molecule has 35 heavy (non-hydrogen) atoms. The summed E-state index contributed by atoms with van der Waals surface area (Å²) in [5, 5.41) is 1.22. The molecule has 1 fully saturated rings. The Morgan fingerprint density at radius 1 is 1.00 bits per heavy atom. The zero-order valence-electron chi connectivity index (χ0n) is 20.3. The largest absolute Gasteiger partial charge is 0.494 e. The first-order valence-electron chi connectivity index (χ1n) is 12.1. The molecular formula is C26H32Cl2N4O3. The van der Waals surface area contributed by atoms with E-state index >= 15 is 0 Å². The molecule has 0 aromatic heterocycles. The van der Waals surface area contributed by atoms with Crippen LogP contribution in [0.2, 0.25) is 10.0 Å². The van der Waals surface area contributed by atoms with Crippen LogP contribution in [0.3, 0.4) is 0 Å². The smallest absolute Gasteiger partial charge is 0.330 e. The fourth-order valence-electron chi connectivity index (χ4n) is 4.53. The predicted molar refractivity (Wildman–Crippen MR) is 141 cm³/mol. The van der Waals surface area contributed by atoms with E-state index in [4.69, 9.17) is 27.9 Å². The van der Waals surface area contributed by atoms with Gasteiger partial charge in [0.1, 0.15) is 5.75 Å². The molecule has 3 amide bonds. The minimum absolute atomic E-state index is 0.175. The predicted octanol–water partition coefficient (Wildman–Crippen LogP) is 4.94. The van der Waals surface area contributed by atoms with Crippen LogP contribution in [0.1, 0.15) is 24.8 Å². The number of aryl methyl sites for hydroxylation is 1. The molecule has 2 aromatic carbocycles. The lowest BCUT2D eigenvalue weighted by molar-refractivity contribution is -0.118. The maximum atomic E-state index is 12.5. The van der Waals surface area contributed by atoms with Gasteiger partial charge < -0.3 is 14.5 Å². The van der Waals surface area contributed by atoms with E-state index in [2.05, 4.69) is 9.80 Å². The van der Waals surface area contributed by atoms with Crippen LogP contribution in [-0.4, -0.2) is 75.2 Å². The lowest BCUT2D eigenvalue weighted by Gasteiger charge is -2.36. The van der Waals surface area contributed by atoms with E-state index in [1.807, 2.05) is 36.4 Å². The van der Waals surface area contributed by atoms with Crippen LogP contribution >= 0.6 is 23.2 Å². The van der Waals surface area contributed by atoms with E-state index in [1.165, 1.54) is 9.80 Å². The van der Waals surface area contributed by atoms with E-state index in [-0.39, 0.29) is 11.9 Å². The average Bonchev–Trinajstić information content (AvgIpc) is 2.85. The van der Waals surface area contributed by atoms with Crippen LogP contribution in [-0.2, 0) is 11.2 Å². The topological polar surface area (TPSA) is 56.3 Å². The Labute approximate surface area is 217 Å². The van der Waals surface area contributed by atoms with Crippen molar-refractivity contribution in [3.63, 3.8) is 0 Å². The van der Waals surface area contributed by atoms with Crippen molar-refractivity contribution in [1.29, 1.82) is 0 Å². The highest BCUT2D eigenvalue weighted by atomic mass is 35.5. The van der Waals surface area contributed by atoms with Gasteiger partial charge in [-0.1, -0.05) is 35.3 Å². The fourth-order valence-corrected chi connectivity index (χ4v) is 4.94. The Morgan fingerprint density at radius 3 is 2.51 bits per heavy atom. The Kier molecular flexibility index (Phi) is 8.42. The molecule has 0 saturated carbocycles. The third-order valence-corrected chi connectivity index (χ3v) is 7.32. The molecule has 0 atom stereocenters. The van der Waals surface area contributed by atoms with Gasteiger partial charge in [0, 0.05) is 52.8 Å². The number of halogens is 2. The van der Waals surface area contributed by atoms with Gasteiger partial charge in [-0.15, -0.1) is 0 Å². The summed E-state index contributed by atoms with van der Waals surface area (Å²) in [6.07, 6.45) is 2.94. The molecule has 0 radical (unpaired) electrons. The summed E-state index contributed by atoms with van der Waals surface area (Å²) >= 11 is 12.5. The number of urea groups is 1. The van der Waals surface area contributed by atoms with Gasteiger partial charge in [0.2, 0.25) is 5.91 Å². The summed E-state index contributed by atoms with van der Waals surface area (Å²) in [4.78, 5) is 32.4. The van der Waals surface area contributed by atoms with Crippen molar-refractivity contribution < 1.29 is 14.3 Å². The van der Waals surface area contributed by atoms with Crippen LogP contribution in [0.4, 0.5) is 16.2 Å². The van der Waals surface area contributed by atoms with Crippen molar-refractivity contribution in [3.8, 4) is 5.75 Å². The quantitative estimate of drug-likeness (QED) is 0.486. The molecule has 2 aromatic rings. The SMILES string of the molecule is CN(C)C(=O)N1C(=O)CCc2ccc(OCCCCN3CCN(c4cccc(Cl)c4Cl)CC3)cc21. The monoisotopic (exact) mass is 518 g/mol. The Morgan fingerprint density at radius 2 is 1.77 bits per heavy atom. The summed E-state index contributed by atoms with van der Waals surface area (Å²) in [5.41, 5.74) is 2.63. The molecular weight excluding hydrogens is 487 g/mol. The molecule has 2 aliphatic heterocycles. The summed E-state index contributed by atoms with van der Waals surface area (Å²) in [6, 6.07) is 11.1. The van der Waals surface area contributed by atoms with Gasteiger partial charge in [0.05, 0.1) is 28.0 Å². The van der Waals surface area contributed by atoms with Gasteiger partial charge in [0.25, 0.3) is 0 Å². The molecule has 2 heterocycles. The number of carbonyl (C=O) groups excluding carboxylic acids is 2. The summed E-state index contributed by atoms with van der Waals surface area (Å²) in [7, 11) is 3.30. The number of ether oxygens (including phenoxy) is 1. The van der Waals surface area contributed by atoms with E-state index < -0.39 is 0 Å². The molecule has 0 aliphatic carbocycles. The number of anilines is 2. The standard InChI is InChI=1S/C26H32Cl2N4O3/c1-29(2)26(34)32-23-18-20(10-8-19(23)9-11-24(32)33)35-17-4-3-12-30-13-15-31(16-14-30)22-7-5-6-21(27)25(22)28/h5-8,10,18H,3-4,9,11-17H2,1-2H3. The number of imide groups is 1. The van der Waals surface area contributed by atoms with E-state index in [0.29, 0.717) is 40.9 Å². The number of carbonyl (C=O) groups is 2. The van der Waals surface area contributed by atoms with Crippen LogP contribution < -0.4 is 14.5 Å². The Hall–Kier alpha value is -2.48. The highest BCUT2D eigenvalue weighted by Gasteiger charge is 2.31. The molecule has 0 spiro atoms. The number of piperazine rings is 1. The maximum absolute atomic E-state index is 12.5. The minimum Gasteiger partial charge on any atom is -0.494 e. The van der Waals surface area contributed by atoms with E-state index in [0.717, 1.165) is 56.8 Å². The van der Waals surface area contributed by atoms with Crippen LogP contribution in [0, 0.1) is 0 Å². The summed E-state index contributed by atoms with van der Waals surface area (Å²) < 4.78 is 5.97. The Bertz CT molecular complexity index is 1070. The van der Waals surface area contributed by atoms with Crippen molar-refractivity contribution >= 4 is 46.5 Å². The van der Waals surface area contributed by atoms with E-state index in [9.17, 15) is 9.59 Å². The second kappa shape index (κ2) is 11.5. The molecule has 1 saturated heterocycles. The molecule has 2 aliphatic rings. The third-order valence-electron chi connectivity index (χ3n) is 6.51. The summed E-state index contributed by atoms with van der Waals surface area (Å²) in [5.74, 6) is 0.508. The van der Waals surface area contributed by atoms with Gasteiger partial charge in [-0.25, -0.2) is 9.69 Å². The zero-order chi connectivity index (χ0) is 24.9. The molecule has 188 valence electrons. The second-order valence-corrected chi connectivity index (χ2v) is 9.94. The number of rotatable bonds is 7. The molecule has 0 N–H and O–H groups in total.